The standard InChI is InChI=1S/C9H18O2/c1-7-4-3-5-8(11)9(7,2)6-10/h7-8,10-11H,3-6H2,1-2H3. The molecular weight excluding hydrogens is 140 g/mol. The third-order valence-corrected chi connectivity index (χ3v) is 3.34. The van der Waals surface area contributed by atoms with Gasteiger partial charge in [-0.25, -0.2) is 0 Å². The van der Waals surface area contributed by atoms with Crippen molar-refractivity contribution in [3.05, 3.63) is 0 Å². The molecule has 2 nitrogen and oxygen atoms in total. The van der Waals surface area contributed by atoms with E-state index in [0.29, 0.717) is 5.92 Å². The molecule has 0 bridgehead atoms. The molecule has 0 amide bonds. The van der Waals surface area contributed by atoms with Crippen molar-refractivity contribution in [2.24, 2.45) is 11.3 Å². The molecule has 0 radical (unpaired) electrons. The molecule has 0 aromatic heterocycles. The zero-order valence-corrected chi connectivity index (χ0v) is 7.38. The van der Waals surface area contributed by atoms with E-state index in [9.17, 15) is 5.11 Å². The largest absolute Gasteiger partial charge is 0.396 e. The van der Waals surface area contributed by atoms with Gasteiger partial charge in [0.15, 0.2) is 0 Å². The monoisotopic (exact) mass is 158 g/mol. The van der Waals surface area contributed by atoms with Gasteiger partial charge in [0.2, 0.25) is 0 Å². The third-order valence-electron chi connectivity index (χ3n) is 3.34. The van der Waals surface area contributed by atoms with Crippen LogP contribution in [0.3, 0.4) is 0 Å². The molecule has 2 heteroatoms. The molecule has 0 saturated heterocycles. The number of aliphatic hydroxyl groups excluding tert-OH is 2. The summed E-state index contributed by atoms with van der Waals surface area (Å²) >= 11 is 0. The summed E-state index contributed by atoms with van der Waals surface area (Å²) < 4.78 is 0. The van der Waals surface area contributed by atoms with Gasteiger partial charge in [-0.2, -0.15) is 0 Å². The lowest BCUT2D eigenvalue weighted by atomic mass is 9.67. The lowest BCUT2D eigenvalue weighted by Crippen LogP contribution is -2.44. The lowest BCUT2D eigenvalue weighted by Gasteiger charge is -2.42. The number of rotatable bonds is 1. The zero-order valence-electron chi connectivity index (χ0n) is 7.38. The summed E-state index contributed by atoms with van der Waals surface area (Å²) in [5.74, 6) is 0.441. The average Bonchev–Trinajstić information content (AvgIpc) is 2.00. The van der Waals surface area contributed by atoms with Crippen molar-refractivity contribution in [2.75, 3.05) is 6.61 Å². The molecule has 1 aliphatic rings. The molecule has 3 unspecified atom stereocenters. The second-order valence-electron chi connectivity index (χ2n) is 4.01. The minimum atomic E-state index is -0.309. The highest BCUT2D eigenvalue weighted by molar-refractivity contribution is 4.89. The Bertz CT molecular complexity index is 124. The fourth-order valence-electron chi connectivity index (χ4n) is 1.87. The van der Waals surface area contributed by atoms with Crippen molar-refractivity contribution in [3.8, 4) is 0 Å². The van der Waals surface area contributed by atoms with Crippen molar-refractivity contribution in [1.29, 1.82) is 0 Å². The number of aliphatic hydroxyl groups is 2. The molecule has 0 heterocycles. The minimum absolute atomic E-state index is 0.106. The van der Waals surface area contributed by atoms with Gasteiger partial charge < -0.3 is 10.2 Å². The molecule has 0 aromatic rings. The second kappa shape index (κ2) is 3.11. The van der Waals surface area contributed by atoms with Crippen LogP contribution >= 0.6 is 0 Å². The predicted octanol–water partition coefficient (Wildman–Crippen LogP) is 1.17. The lowest BCUT2D eigenvalue weighted by molar-refractivity contribution is -0.0684. The maximum absolute atomic E-state index is 9.64. The van der Waals surface area contributed by atoms with Crippen molar-refractivity contribution >= 4 is 0 Å². The maximum Gasteiger partial charge on any atom is 0.0618 e. The topological polar surface area (TPSA) is 40.5 Å². The first-order valence-electron chi connectivity index (χ1n) is 4.40. The highest BCUT2D eigenvalue weighted by Gasteiger charge is 2.40. The van der Waals surface area contributed by atoms with Crippen LogP contribution < -0.4 is 0 Å². The van der Waals surface area contributed by atoms with E-state index >= 15 is 0 Å². The molecule has 11 heavy (non-hydrogen) atoms. The molecule has 0 spiro atoms. The Kier molecular flexibility index (Phi) is 2.55. The molecule has 1 aliphatic carbocycles. The van der Waals surface area contributed by atoms with Gasteiger partial charge in [0.05, 0.1) is 12.7 Å². The van der Waals surface area contributed by atoms with Gasteiger partial charge in [0.25, 0.3) is 0 Å². The summed E-state index contributed by atoms with van der Waals surface area (Å²) in [5.41, 5.74) is -0.252. The van der Waals surface area contributed by atoms with Crippen LogP contribution in [-0.4, -0.2) is 22.9 Å². The quantitative estimate of drug-likeness (QED) is 0.601. The van der Waals surface area contributed by atoms with Crippen LogP contribution in [0.15, 0.2) is 0 Å². The first-order chi connectivity index (χ1) is 5.11. The molecule has 2 N–H and O–H groups in total. The fraction of sp³-hybridized carbons (Fsp3) is 1.00. The van der Waals surface area contributed by atoms with E-state index in [0.717, 1.165) is 19.3 Å². The van der Waals surface area contributed by atoms with Gasteiger partial charge in [-0.15, -0.1) is 0 Å². The first kappa shape index (κ1) is 9.01. The molecule has 1 rings (SSSR count). The van der Waals surface area contributed by atoms with E-state index in [4.69, 9.17) is 5.11 Å². The fourth-order valence-corrected chi connectivity index (χ4v) is 1.87. The van der Waals surface area contributed by atoms with Crippen LogP contribution in [0.5, 0.6) is 0 Å². The van der Waals surface area contributed by atoms with Gasteiger partial charge in [-0.3, -0.25) is 0 Å². The van der Waals surface area contributed by atoms with E-state index in [1.54, 1.807) is 0 Å². The van der Waals surface area contributed by atoms with Crippen LogP contribution in [0.1, 0.15) is 33.1 Å². The van der Waals surface area contributed by atoms with Gasteiger partial charge in [-0.1, -0.05) is 20.3 Å². The molecule has 1 saturated carbocycles. The van der Waals surface area contributed by atoms with Crippen LogP contribution in [0.25, 0.3) is 0 Å². The van der Waals surface area contributed by atoms with Gasteiger partial charge >= 0.3 is 0 Å². The Morgan fingerprint density at radius 2 is 2.09 bits per heavy atom. The first-order valence-corrected chi connectivity index (χ1v) is 4.40. The molecule has 66 valence electrons. The number of hydrogen-bond acceptors (Lipinski definition) is 2. The molecular formula is C9H18O2. The van der Waals surface area contributed by atoms with E-state index in [2.05, 4.69) is 6.92 Å². The third kappa shape index (κ3) is 1.42. The van der Waals surface area contributed by atoms with E-state index in [1.165, 1.54) is 0 Å². The van der Waals surface area contributed by atoms with Crippen LogP contribution in [-0.2, 0) is 0 Å². The zero-order chi connectivity index (χ0) is 8.48. The van der Waals surface area contributed by atoms with E-state index < -0.39 is 0 Å². The predicted molar refractivity (Wildman–Crippen MR) is 44.2 cm³/mol. The van der Waals surface area contributed by atoms with Gasteiger partial charge in [-0.05, 0) is 18.8 Å². The number of hydrogen-bond donors (Lipinski definition) is 2. The maximum atomic E-state index is 9.64. The van der Waals surface area contributed by atoms with E-state index in [1.807, 2.05) is 6.92 Å². The normalized spacial score (nSPS) is 45.8. The Balaban J connectivity index is 2.69. The Morgan fingerprint density at radius 1 is 1.45 bits per heavy atom. The Labute approximate surface area is 68.2 Å². The Hall–Kier alpha value is -0.0800. The SMILES string of the molecule is CC1CCCC(O)C1(C)CO. The summed E-state index contributed by atoms with van der Waals surface area (Å²) in [4.78, 5) is 0. The van der Waals surface area contributed by atoms with Crippen LogP contribution in [0, 0.1) is 11.3 Å². The summed E-state index contributed by atoms with van der Waals surface area (Å²) in [6, 6.07) is 0. The molecule has 1 fully saturated rings. The molecule has 0 aromatic carbocycles. The van der Waals surface area contributed by atoms with Crippen LogP contribution in [0.2, 0.25) is 0 Å². The summed E-state index contributed by atoms with van der Waals surface area (Å²) in [6.45, 7) is 4.19. The smallest absolute Gasteiger partial charge is 0.0618 e. The Morgan fingerprint density at radius 3 is 2.45 bits per heavy atom. The molecule has 0 aliphatic heterocycles. The second-order valence-corrected chi connectivity index (χ2v) is 4.01. The summed E-state index contributed by atoms with van der Waals surface area (Å²) in [5, 5.41) is 18.8. The van der Waals surface area contributed by atoms with Gasteiger partial charge in [0.1, 0.15) is 0 Å². The average molecular weight is 158 g/mol. The highest BCUT2D eigenvalue weighted by Crippen LogP contribution is 2.40. The summed E-state index contributed by atoms with van der Waals surface area (Å²) in [7, 11) is 0. The highest BCUT2D eigenvalue weighted by atomic mass is 16.3. The minimum Gasteiger partial charge on any atom is -0.396 e. The van der Waals surface area contributed by atoms with Crippen molar-refractivity contribution in [3.63, 3.8) is 0 Å². The van der Waals surface area contributed by atoms with E-state index in [-0.39, 0.29) is 18.1 Å². The summed E-state index contributed by atoms with van der Waals surface area (Å²) in [6.07, 6.45) is 2.77. The van der Waals surface area contributed by atoms with Gasteiger partial charge in [0, 0.05) is 5.41 Å². The van der Waals surface area contributed by atoms with Crippen molar-refractivity contribution in [2.45, 2.75) is 39.2 Å². The van der Waals surface area contributed by atoms with Crippen LogP contribution in [0.4, 0.5) is 0 Å². The molecule has 3 atom stereocenters. The van der Waals surface area contributed by atoms with Crippen molar-refractivity contribution < 1.29 is 10.2 Å². The van der Waals surface area contributed by atoms with Crippen molar-refractivity contribution in [1.82, 2.24) is 0 Å².